The van der Waals surface area contributed by atoms with E-state index in [2.05, 4.69) is 0 Å². The highest BCUT2D eigenvalue weighted by Gasteiger charge is 2.25. The Bertz CT molecular complexity index is 216. The summed E-state index contributed by atoms with van der Waals surface area (Å²) in [6.07, 6.45) is 4.30. The maximum atomic E-state index is 10.6. The van der Waals surface area contributed by atoms with Crippen LogP contribution in [0.4, 0.5) is 0 Å². The molecular weight excluding hydrogens is 164 g/mol. The van der Waals surface area contributed by atoms with Crippen molar-refractivity contribution in [2.45, 2.75) is 32.3 Å². The maximum absolute atomic E-state index is 10.6. The van der Waals surface area contributed by atoms with Crippen molar-refractivity contribution in [1.82, 2.24) is 0 Å². The predicted molar refractivity (Wildman–Crippen MR) is 42.7 cm³/mol. The summed E-state index contributed by atoms with van der Waals surface area (Å²) < 4.78 is 26.0. The normalized spacial score (nSPS) is 21.6. The van der Waals surface area contributed by atoms with Gasteiger partial charge in [0.2, 0.25) is 0 Å². The van der Waals surface area contributed by atoms with E-state index in [1.165, 1.54) is 12.8 Å². The quantitative estimate of drug-likeness (QED) is 0.606. The van der Waals surface area contributed by atoms with Gasteiger partial charge in [-0.2, -0.15) is 8.42 Å². The minimum absolute atomic E-state index is 0.141. The Morgan fingerprint density at radius 2 is 2.09 bits per heavy atom. The maximum Gasteiger partial charge on any atom is 0.264 e. The SMILES string of the molecule is CC(CC1CC1)OS(C)(=O)=O. The average Bonchev–Trinajstić information content (AvgIpc) is 2.42. The van der Waals surface area contributed by atoms with Crippen LogP contribution >= 0.6 is 0 Å². The number of rotatable bonds is 4. The van der Waals surface area contributed by atoms with E-state index >= 15 is 0 Å². The Balaban J connectivity index is 2.24. The molecule has 0 radical (unpaired) electrons. The summed E-state index contributed by atoms with van der Waals surface area (Å²) in [5.74, 6) is 0.715. The monoisotopic (exact) mass is 178 g/mol. The molecule has 0 amide bonds. The summed E-state index contributed by atoms with van der Waals surface area (Å²) in [6, 6.07) is 0. The second-order valence-corrected chi connectivity index (χ2v) is 4.89. The molecule has 4 heteroatoms. The molecule has 0 aromatic carbocycles. The summed E-state index contributed by atoms with van der Waals surface area (Å²) in [7, 11) is -3.24. The number of hydrogen-bond acceptors (Lipinski definition) is 3. The van der Waals surface area contributed by atoms with Gasteiger partial charge in [-0.3, -0.25) is 4.18 Å². The summed E-state index contributed by atoms with van der Waals surface area (Å²) in [6.45, 7) is 1.80. The van der Waals surface area contributed by atoms with Crippen molar-refractivity contribution in [2.24, 2.45) is 5.92 Å². The van der Waals surface area contributed by atoms with Gasteiger partial charge in [0, 0.05) is 0 Å². The Kier molecular flexibility index (Phi) is 2.54. The minimum Gasteiger partial charge on any atom is -0.267 e. The minimum atomic E-state index is -3.24. The van der Waals surface area contributed by atoms with E-state index in [1.54, 1.807) is 6.92 Å². The van der Waals surface area contributed by atoms with E-state index in [9.17, 15) is 8.42 Å². The van der Waals surface area contributed by atoms with Crippen molar-refractivity contribution in [1.29, 1.82) is 0 Å². The van der Waals surface area contributed by atoms with Gasteiger partial charge in [0.05, 0.1) is 12.4 Å². The van der Waals surface area contributed by atoms with E-state index in [1.807, 2.05) is 0 Å². The lowest BCUT2D eigenvalue weighted by Gasteiger charge is -2.08. The molecule has 1 atom stereocenters. The van der Waals surface area contributed by atoms with E-state index in [-0.39, 0.29) is 6.10 Å². The molecule has 0 aliphatic heterocycles. The molecule has 1 unspecified atom stereocenters. The third-order valence-corrected chi connectivity index (χ3v) is 2.38. The van der Waals surface area contributed by atoms with E-state index in [4.69, 9.17) is 4.18 Å². The van der Waals surface area contributed by atoms with E-state index in [0.717, 1.165) is 12.7 Å². The molecular formula is C7H14O3S. The molecule has 1 rings (SSSR count). The van der Waals surface area contributed by atoms with Crippen molar-refractivity contribution >= 4 is 10.1 Å². The van der Waals surface area contributed by atoms with Crippen LogP contribution in [-0.2, 0) is 14.3 Å². The molecule has 1 aliphatic rings. The largest absolute Gasteiger partial charge is 0.267 e. The molecule has 1 fully saturated rings. The van der Waals surface area contributed by atoms with Crippen molar-refractivity contribution in [3.8, 4) is 0 Å². The van der Waals surface area contributed by atoms with Crippen LogP contribution in [0.2, 0.25) is 0 Å². The fourth-order valence-electron chi connectivity index (χ4n) is 1.16. The summed E-state index contributed by atoms with van der Waals surface area (Å²) >= 11 is 0. The molecule has 0 aromatic heterocycles. The van der Waals surface area contributed by atoms with Crippen molar-refractivity contribution in [3.63, 3.8) is 0 Å². The van der Waals surface area contributed by atoms with Gasteiger partial charge in [-0.15, -0.1) is 0 Å². The van der Waals surface area contributed by atoms with Crippen LogP contribution in [-0.4, -0.2) is 20.8 Å². The first-order chi connectivity index (χ1) is 4.97. The number of hydrogen-bond donors (Lipinski definition) is 0. The molecule has 1 saturated carbocycles. The molecule has 3 nitrogen and oxygen atoms in total. The lowest BCUT2D eigenvalue weighted by atomic mass is 10.2. The van der Waals surface area contributed by atoms with Crippen LogP contribution in [0.1, 0.15) is 26.2 Å². The zero-order valence-corrected chi connectivity index (χ0v) is 7.73. The standard InChI is InChI=1S/C7H14O3S/c1-6(5-7-3-4-7)10-11(2,8)9/h6-7H,3-5H2,1-2H3. The highest BCUT2D eigenvalue weighted by molar-refractivity contribution is 7.86. The summed E-state index contributed by atoms with van der Waals surface area (Å²) in [5, 5.41) is 0. The molecule has 0 heterocycles. The van der Waals surface area contributed by atoms with Gasteiger partial charge in [-0.25, -0.2) is 0 Å². The predicted octanol–water partition coefficient (Wildman–Crippen LogP) is 1.15. The second-order valence-electron chi connectivity index (χ2n) is 3.29. The van der Waals surface area contributed by atoms with Crippen LogP contribution in [0.25, 0.3) is 0 Å². The molecule has 0 spiro atoms. The molecule has 66 valence electrons. The van der Waals surface area contributed by atoms with Crippen molar-refractivity contribution in [2.75, 3.05) is 6.26 Å². The Labute approximate surface area is 67.9 Å². The topological polar surface area (TPSA) is 43.4 Å². The zero-order chi connectivity index (χ0) is 8.48. The smallest absolute Gasteiger partial charge is 0.264 e. The zero-order valence-electron chi connectivity index (χ0n) is 6.91. The van der Waals surface area contributed by atoms with Gasteiger partial charge in [-0.1, -0.05) is 12.8 Å². The fourth-order valence-corrected chi connectivity index (χ4v) is 1.84. The highest BCUT2D eigenvalue weighted by Crippen LogP contribution is 2.34. The molecule has 0 bridgehead atoms. The molecule has 0 N–H and O–H groups in total. The summed E-state index contributed by atoms with van der Waals surface area (Å²) in [5.41, 5.74) is 0. The van der Waals surface area contributed by atoms with E-state index in [0.29, 0.717) is 5.92 Å². The third kappa shape index (κ3) is 4.37. The van der Waals surface area contributed by atoms with Crippen LogP contribution in [0, 0.1) is 5.92 Å². The van der Waals surface area contributed by atoms with Gasteiger partial charge in [0.1, 0.15) is 0 Å². The summed E-state index contributed by atoms with van der Waals surface area (Å²) in [4.78, 5) is 0. The molecule has 0 saturated heterocycles. The first kappa shape index (κ1) is 9.00. The lowest BCUT2D eigenvalue weighted by molar-refractivity contribution is 0.213. The van der Waals surface area contributed by atoms with Gasteiger partial charge >= 0.3 is 0 Å². The molecule has 0 aromatic rings. The first-order valence-electron chi connectivity index (χ1n) is 3.85. The highest BCUT2D eigenvalue weighted by atomic mass is 32.2. The van der Waals surface area contributed by atoms with Gasteiger partial charge < -0.3 is 0 Å². The van der Waals surface area contributed by atoms with Gasteiger partial charge in [-0.05, 0) is 19.3 Å². The Hall–Kier alpha value is -0.0900. The first-order valence-corrected chi connectivity index (χ1v) is 5.67. The van der Waals surface area contributed by atoms with Crippen LogP contribution < -0.4 is 0 Å². The van der Waals surface area contributed by atoms with Crippen molar-refractivity contribution < 1.29 is 12.6 Å². The Morgan fingerprint density at radius 3 is 2.45 bits per heavy atom. The fraction of sp³-hybridized carbons (Fsp3) is 1.00. The lowest BCUT2D eigenvalue weighted by Crippen LogP contribution is -2.14. The van der Waals surface area contributed by atoms with Crippen LogP contribution in [0.15, 0.2) is 0 Å². The van der Waals surface area contributed by atoms with Crippen LogP contribution in [0.3, 0.4) is 0 Å². The van der Waals surface area contributed by atoms with Crippen LogP contribution in [0.5, 0.6) is 0 Å². The van der Waals surface area contributed by atoms with Gasteiger partial charge in [0.25, 0.3) is 10.1 Å². The Morgan fingerprint density at radius 1 is 1.55 bits per heavy atom. The molecule has 1 aliphatic carbocycles. The second kappa shape index (κ2) is 3.11. The van der Waals surface area contributed by atoms with E-state index < -0.39 is 10.1 Å². The third-order valence-electron chi connectivity index (χ3n) is 1.70. The average molecular weight is 178 g/mol. The van der Waals surface area contributed by atoms with Gasteiger partial charge in [0.15, 0.2) is 0 Å². The molecule has 11 heavy (non-hydrogen) atoms. The van der Waals surface area contributed by atoms with Crippen molar-refractivity contribution in [3.05, 3.63) is 0 Å².